The van der Waals surface area contributed by atoms with Crippen molar-refractivity contribution in [1.82, 2.24) is 9.88 Å². The van der Waals surface area contributed by atoms with Crippen molar-refractivity contribution in [3.05, 3.63) is 44.3 Å². The van der Waals surface area contributed by atoms with E-state index in [0.29, 0.717) is 22.3 Å². The monoisotopic (exact) mass is 358 g/mol. The van der Waals surface area contributed by atoms with Crippen molar-refractivity contribution >= 4 is 40.4 Å². The van der Waals surface area contributed by atoms with Gasteiger partial charge in [0.1, 0.15) is 5.75 Å². The number of likely N-dealkylation sites (N-methyl/N-ethyl adjacent to an activating group) is 1. The molecule has 0 atom stereocenters. The van der Waals surface area contributed by atoms with Crippen LogP contribution >= 0.6 is 34.5 Å². The van der Waals surface area contributed by atoms with Gasteiger partial charge in [-0.3, -0.25) is 4.79 Å². The van der Waals surface area contributed by atoms with Gasteiger partial charge in [-0.05, 0) is 25.1 Å². The van der Waals surface area contributed by atoms with Gasteiger partial charge >= 0.3 is 0 Å². The van der Waals surface area contributed by atoms with Gasteiger partial charge in [0, 0.05) is 29.9 Å². The Balaban J connectivity index is 1.82. The predicted octanol–water partition coefficient (Wildman–Crippen LogP) is 3.84. The summed E-state index contributed by atoms with van der Waals surface area (Å²) in [6, 6.07) is 4.90. The molecule has 1 amide bonds. The Kier molecular flexibility index (Phi) is 6.06. The van der Waals surface area contributed by atoms with E-state index in [1.807, 2.05) is 12.4 Å². The molecular weight excluding hydrogens is 343 g/mol. The number of thiazole rings is 1. The zero-order valence-electron chi connectivity index (χ0n) is 12.3. The van der Waals surface area contributed by atoms with Gasteiger partial charge in [0.05, 0.1) is 16.2 Å². The highest BCUT2D eigenvalue weighted by Crippen LogP contribution is 2.27. The second-order valence-electron chi connectivity index (χ2n) is 4.79. The zero-order valence-corrected chi connectivity index (χ0v) is 14.6. The molecule has 0 bridgehead atoms. The Bertz CT molecular complexity index is 661. The van der Waals surface area contributed by atoms with Gasteiger partial charge in [-0.25, -0.2) is 4.98 Å². The summed E-state index contributed by atoms with van der Waals surface area (Å²) in [4.78, 5) is 19.1. The Morgan fingerprint density at radius 2 is 2.18 bits per heavy atom. The van der Waals surface area contributed by atoms with Crippen molar-refractivity contribution in [2.75, 3.05) is 20.2 Å². The maximum Gasteiger partial charge on any atom is 0.260 e. The van der Waals surface area contributed by atoms with Crippen molar-refractivity contribution in [2.45, 2.75) is 13.3 Å². The Labute approximate surface area is 143 Å². The summed E-state index contributed by atoms with van der Waals surface area (Å²) in [6.07, 6.45) is 0.792. The SMILES string of the molecule is Cc1ncsc1CCN(C)C(=O)COc1ccc(Cl)cc1Cl. The smallest absolute Gasteiger partial charge is 0.260 e. The fourth-order valence-corrected chi connectivity index (χ4v) is 3.04. The van der Waals surface area contributed by atoms with Gasteiger partial charge in [-0.2, -0.15) is 0 Å². The largest absolute Gasteiger partial charge is 0.482 e. The summed E-state index contributed by atoms with van der Waals surface area (Å²) in [5.41, 5.74) is 2.84. The van der Waals surface area contributed by atoms with Crippen LogP contribution in [-0.4, -0.2) is 36.0 Å². The molecule has 0 aliphatic heterocycles. The topological polar surface area (TPSA) is 42.4 Å². The number of benzene rings is 1. The van der Waals surface area contributed by atoms with Gasteiger partial charge in [0.25, 0.3) is 5.91 Å². The Hall–Kier alpha value is -1.30. The van der Waals surface area contributed by atoms with E-state index < -0.39 is 0 Å². The average Bonchev–Trinajstić information content (AvgIpc) is 2.89. The summed E-state index contributed by atoms with van der Waals surface area (Å²) in [7, 11) is 1.76. The van der Waals surface area contributed by atoms with Crippen molar-refractivity contribution in [1.29, 1.82) is 0 Å². The van der Waals surface area contributed by atoms with E-state index in [2.05, 4.69) is 4.98 Å². The normalized spacial score (nSPS) is 10.5. The minimum absolute atomic E-state index is 0.0560. The number of hydrogen-bond acceptors (Lipinski definition) is 4. The molecule has 0 N–H and O–H groups in total. The third-order valence-corrected chi connectivity index (χ3v) is 4.72. The molecule has 22 heavy (non-hydrogen) atoms. The van der Waals surface area contributed by atoms with E-state index in [1.165, 1.54) is 4.88 Å². The summed E-state index contributed by atoms with van der Waals surface area (Å²) in [5.74, 6) is 0.347. The summed E-state index contributed by atoms with van der Waals surface area (Å²) in [6.45, 7) is 2.54. The Morgan fingerprint density at radius 3 is 2.82 bits per heavy atom. The first-order chi connectivity index (χ1) is 10.5. The zero-order chi connectivity index (χ0) is 16.1. The second-order valence-corrected chi connectivity index (χ2v) is 6.57. The molecule has 2 aromatic rings. The highest BCUT2D eigenvalue weighted by Gasteiger charge is 2.12. The van der Waals surface area contributed by atoms with Gasteiger partial charge in [0.15, 0.2) is 6.61 Å². The lowest BCUT2D eigenvalue weighted by atomic mass is 10.3. The van der Waals surface area contributed by atoms with Crippen LogP contribution in [-0.2, 0) is 11.2 Å². The molecule has 118 valence electrons. The van der Waals surface area contributed by atoms with E-state index >= 15 is 0 Å². The number of halogens is 2. The molecule has 1 aromatic carbocycles. The standard InChI is InChI=1S/C15H16Cl2N2O2S/c1-10-14(22-9-18-10)5-6-19(2)15(20)8-21-13-4-3-11(16)7-12(13)17/h3-4,7,9H,5-6,8H2,1-2H3. The number of rotatable bonds is 6. The number of aromatic nitrogens is 1. The van der Waals surface area contributed by atoms with Crippen LogP contribution < -0.4 is 4.74 Å². The fraction of sp³-hybridized carbons (Fsp3) is 0.333. The number of carbonyl (C=O) groups excluding carboxylic acids is 1. The van der Waals surface area contributed by atoms with Crippen LogP contribution in [0.25, 0.3) is 0 Å². The predicted molar refractivity (Wildman–Crippen MR) is 90.1 cm³/mol. The number of ether oxygens (including phenoxy) is 1. The quantitative estimate of drug-likeness (QED) is 0.787. The molecular formula is C15H16Cl2N2O2S. The van der Waals surface area contributed by atoms with Crippen molar-refractivity contribution < 1.29 is 9.53 Å². The molecule has 2 rings (SSSR count). The summed E-state index contributed by atoms with van der Waals surface area (Å²) in [5, 5.41) is 0.920. The maximum atomic E-state index is 12.1. The lowest BCUT2D eigenvalue weighted by Crippen LogP contribution is -2.33. The minimum atomic E-state index is -0.104. The van der Waals surface area contributed by atoms with Gasteiger partial charge in [-0.1, -0.05) is 23.2 Å². The van der Waals surface area contributed by atoms with E-state index in [4.69, 9.17) is 27.9 Å². The van der Waals surface area contributed by atoms with Crippen LogP contribution in [0.3, 0.4) is 0 Å². The molecule has 0 fully saturated rings. The Morgan fingerprint density at radius 1 is 1.41 bits per heavy atom. The molecule has 4 nitrogen and oxygen atoms in total. The molecule has 7 heteroatoms. The lowest BCUT2D eigenvalue weighted by molar-refractivity contribution is -0.132. The van der Waals surface area contributed by atoms with E-state index in [0.717, 1.165) is 12.1 Å². The third-order valence-electron chi connectivity index (χ3n) is 3.19. The summed E-state index contributed by atoms with van der Waals surface area (Å²) >= 11 is 13.4. The summed E-state index contributed by atoms with van der Waals surface area (Å²) < 4.78 is 5.44. The highest BCUT2D eigenvalue weighted by molar-refractivity contribution is 7.09. The minimum Gasteiger partial charge on any atom is -0.482 e. The number of aryl methyl sites for hydroxylation is 1. The number of nitrogens with zero attached hydrogens (tertiary/aromatic N) is 2. The van der Waals surface area contributed by atoms with Crippen LogP contribution in [0, 0.1) is 6.92 Å². The van der Waals surface area contributed by atoms with Gasteiger partial charge < -0.3 is 9.64 Å². The van der Waals surface area contributed by atoms with Crippen LogP contribution in [0.15, 0.2) is 23.7 Å². The van der Waals surface area contributed by atoms with Crippen LogP contribution in [0.2, 0.25) is 10.0 Å². The first-order valence-corrected chi connectivity index (χ1v) is 8.31. The van der Waals surface area contributed by atoms with Crippen LogP contribution in [0.5, 0.6) is 5.75 Å². The molecule has 0 aliphatic rings. The van der Waals surface area contributed by atoms with Crippen molar-refractivity contribution in [3.8, 4) is 5.75 Å². The third kappa shape index (κ3) is 4.60. The van der Waals surface area contributed by atoms with Crippen LogP contribution in [0.4, 0.5) is 0 Å². The average molecular weight is 359 g/mol. The molecule has 0 aliphatic carbocycles. The number of amides is 1. The molecule has 1 heterocycles. The fourth-order valence-electron chi connectivity index (χ4n) is 1.80. The maximum absolute atomic E-state index is 12.1. The van der Waals surface area contributed by atoms with Gasteiger partial charge in [-0.15, -0.1) is 11.3 Å². The molecule has 0 saturated heterocycles. The van der Waals surface area contributed by atoms with Gasteiger partial charge in [0.2, 0.25) is 0 Å². The number of hydrogen-bond donors (Lipinski definition) is 0. The number of carbonyl (C=O) groups is 1. The highest BCUT2D eigenvalue weighted by atomic mass is 35.5. The molecule has 0 unspecified atom stereocenters. The van der Waals surface area contributed by atoms with Crippen molar-refractivity contribution in [2.24, 2.45) is 0 Å². The molecule has 0 spiro atoms. The molecule has 1 aromatic heterocycles. The first kappa shape index (κ1) is 17.1. The molecule has 0 saturated carbocycles. The first-order valence-electron chi connectivity index (χ1n) is 6.68. The lowest BCUT2D eigenvalue weighted by Gasteiger charge is -2.17. The van der Waals surface area contributed by atoms with Crippen molar-refractivity contribution in [3.63, 3.8) is 0 Å². The molecule has 0 radical (unpaired) electrons. The second kappa shape index (κ2) is 7.81. The van der Waals surface area contributed by atoms with E-state index in [-0.39, 0.29) is 12.5 Å². The van der Waals surface area contributed by atoms with Crippen LogP contribution in [0.1, 0.15) is 10.6 Å². The van der Waals surface area contributed by atoms with E-state index in [1.54, 1.807) is 41.5 Å². The van der Waals surface area contributed by atoms with E-state index in [9.17, 15) is 4.79 Å².